The molecule has 6 rings (SSSR count). The largest absolute Gasteiger partial charge is 0.481 e. The summed E-state index contributed by atoms with van der Waals surface area (Å²) in [4.78, 5) is 23.9. The Bertz CT molecular complexity index is 1140. The summed E-state index contributed by atoms with van der Waals surface area (Å²) in [5, 5.41) is 21.2. The van der Waals surface area contributed by atoms with Crippen LogP contribution < -0.4 is 11.1 Å². The molecule has 11 heteroatoms. The van der Waals surface area contributed by atoms with Crippen LogP contribution in [0.15, 0.2) is 12.3 Å². The van der Waals surface area contributed by atoms with Gasteiger partial charge in [0.15, 0.2) is 17.5 Å². The summed E-state index contributed by atoms with van der Waals surface area (Å²) >= 11 is 0. The highest BCUT2D eigenvalue weighted by Gasteiger charge is 2.48. The first-order chi connectivity index (χ1) is 15.7. The number of pyridine rings is 1. The number of carbonyl (C=O) groups is 1. The monoisotopic (exact) mass is 460 g/mol. The minimum Gasteiger partial charge on any atom is -0.481 e. The van der Waals surface area contributed by atoms with E-state index in [9.17, 15) is 18.7 Å². The molecular formula is C22H23F3N6O2. The number of halogens is 3. The molecule has 0 radical (unpaired) electrons. The van der Waals surface area contributed by atoms with E-state index in [0.717, 1.165) is 37.9 Å². The third-order valence-corrected chi connectivity index (χ3v) is 7.13. The summed E-state index contributed by atoms with van der Waals surface area (Å²) in [6, 6.07) is 0.454. The van der Waals surface area contributed by atoms with Gasteiger partial charge in [-0.2, -0.15) is 0 Å². The van der Waals surface area contributed by atoms with Gasteiger partial charge in [0.25, 0.3) is 0 Å². The Balaban J connectivity index is 1.55. The number of hydrogen-bond donors (Lipinski definition) is 4. The van der Waals surface area contributed by atoms with Crippen molar-refractivity contribution in [3.63, 3.8) is 0 Å². The molecule has 4 atom stereocenters. The van der Waals surface area contributed by atoms with Gasteiger partial charge >= 0.3 is 5.97 Å². The third-order valence-electron chi connectivity index (χ3n) is 7.13. The number of aromatic nitrogens is 3. The molecule has 4 aliphatic rings. The van der Waals surface area contributed by atoms with Gasteiger partial charge in [0, 0.05) is 17.5 Å². The van der Waals surface area contributed by atoms with E-state index in [0.29, 0.717) is 0 Å². The van der Waals surface area contributed by atoms with Crippen LogP contribution in [0.2, 0.25) is 0 Å². The number of aliphatic carboxylic acids is 1. The SMILES string of the molecule is N=C(c1nc(N[C@H]2C3CCC(CC3)[C@@H]2C(=O)O)c(F)c(C2CC2F)n1)c1cc(F)cnc1N. The first-order valence-corrected chi connectivity index (χ1v) is 11.0. The van der Waals surface area contributed by atoms with Crippen LogP contribution in [0.5, 0.6) is 0 Å². The molecule has 0 amide bonds. The number of fused-ring (bicyclic) bond motifs is 3. The smallest absolute Gasteiger partial charge is 0.308 e. The molecule has 0 aliphatic heterocycles. The number of anilines is 2. The van der Waals surface area contributed by atoms with Crippen molar-refractivity contribution in [1.29, 1.82) is 5.41 Å². The average molecular weight is 460 g/mol. The molecule has 2 aromatic heterocycles. The number of nitrogens with zero attached hydrogens (tertiary/aromatic N) is 3. The maximum absolute atomic E-state index is 15.4. The van der Waals surface area contributed by atoms with Gasteiger partial charge in [-0.05, 0) is 50.0 Å². The minimum absolute atomic E-state index is 0.0102. The molecule has 4 saturated carbocycles. The van der Waals surface area contributed by atoms with Crippen molar-refractivity contribution in [3.05, 3.63) is 41.0 Å². The molecule has 2 aromatic rings. The van der Waals surface area contributed by atoms with Gasteiger partial charge in [0.05, 0.1) is 17.8 Å². The fourth-order valence-corrected chi connectivity index (χ4v) is 5.31. The molecule has 33 heavy (non-hydrogen) atoms. The van der Waals surface area contributed by atoms with Crippen LogP contribution >= 0.6 is 0 Å². The van der Waals surface area contributed by atoms with E-state index in [2.05, 4.69) is 20.3 Å². The van der Waals surface area contributed by atoms with Gasteiger partial charge in [0.1, 0.15) is 23.5 Å². The van der Waals surface area contributed by atoms with Crippen molar-refractivity contribution in [2.24, 2.45) is 17.8 Å². The predicted molar refractivity (Wildman–Crippen MR) is 113 cm³/mol. The Labute approximate surface area is 187 Å². The number of alkyl halides is 1. The lowest BCUT2D eigenvalue weighted by Crippen LogP contribution is -2.51. The molecule has 0 saturated heterocycles. The van der Waals surface area contributed by atoms with Crippen LogP contribution in [0.3, 0.4) is 0 Å². The molecule has 2 heterocycles. The summed E-state index contributed by atoms with van der Waals surface area (Å²) in [6.07, 6.45) is 3.01. The van der Waals surface area contributed by atoms with Crippen molar-refractivity contribution in [2.75, 3.05) is 11.1 Å². The topological polar surface area (TPSA) is 138 Å². The normalized spacial score (nSPS) is 30.2. The van der Waals surface area contributed by atoms with E-state index in [-0.39, 0.29) is 52.7 Å². The van der Waals surface area contributed by atoms with Gasteiger partial charge in [-0.3, -0.25) is 10.2 Å². The van der Waals surface area contributed by atoms with Crippen LogP contribution in [0, 0.1) is 34.8 Å². The van der Waals surface area contributed by atoms with E-state index >= 15 is 4.39 Å². The second-order valence-electron chi connectivity index (χ2n) is 9.12. The molecule has 4 fully saturated rings. The highest BCUT2D eigenvalue weighted by atomic mass is 19.1. The van der Waals surface area contributed by atoms with Crippen LogP contribution in [-0.2, 0) is 4.79 Å². The summed E-state index contributed by atoms with van der Waals surface area (Å²) in [5.41, 5.74) is 5.13. The van der Waals surface area contributed by atoms with Crippen molar-refractivity contribution in [3.8, 4) is 0 Å². The molecule has 4 aliphatic carbocycles. The first-order valence-electron chi connectivity index (χ1n) is 11.0. The zero-order valence-electron chi connectivity index (χ0n) is 17.6. The summed E-state index contributed by atoms with van der Waals surface area (Å²) in [5.74, 6) is -4.64. The van der Waals surface area contributed by atoms with E-state index in [1.54, 1.807) is 0 Å². The maximum atomic E-state index is 15.4. The molecule has 5 N–H and O–H groups in total. The fourth-order valence-electron chi connectivity index (χ4n) is 5.31. The molecule has 0 spiro atoms. The number of rotatable bonds is 6. The number of nitrogens with two attached hydrogens (primary N) is 1. The van der Waals surface area contributed by atoms with E-state index in [4.69, 9.17) is 11.1 Å². The summed E-state index contributed by atoms with van der Waals surface area (Å²) in [6.45, 7) is 0. The number of carboxylic acid groups (broad SMARTS) is 1. The molecular weight excluding hydrogens is 437 g/mol. The van der Waals surface area contributed by atoms with E-state index in [1.165, 1.54) is 0 Å². The summed E-state index contributed by atoms with van der Waals surface area (Å²) < 4.78 is 42.9. The number of carboxylic acids is 1. The van der Waals surface area contributed by atoms with Gasteiger partial charge in [-0.15, -0.1) is 0 Å². The van der Waals surface area contributed by atoms with Gasteiger partial charge in [-0.1, -0.05) is 0 Å². The second-order valence-corrected chi connectivity index (χ2v) is 9.12. The zero-order valence-corrected chi connectivity index (χ0v) is 17.6. The van der Waals surface area contributed by atoms with Crippen molar-refractivity contribution >= 4 is 23.3 Å². The highest BCUT2D eigenvalue weighted by molar-refractivity contribution is 6.11. The fraction of sp³-hybridized carbons (Fsp3) is 0.500. The maximum Gasteiger partial charge on any atom is 0.308 e. The molecule has 174 valence electrons. The average Bonchev–Trinajstić information content (AvgIpc) is 3.53. The number of nitrogens with one attached hydrogen (secondary N) is 2. The summed E-state index contributed by atoms with van der Waals surface area (Å²) in [7, 11) is 0. The van der Waals surface area contributed by atoms with Crippen LogP contribution in [0.4, 0.5) is 24.8 Å². The lowest BCUT2D eigenvalue weighted by atomic mass is 9.61. The van der Waals surface area contributed by atoms with Gasteiger partial charge < -0.3 is 16.2 Å². The van der Waals surface area contributed by atoms with Crippen molar-refractivity contribution < 1.29 is 23.1 Å². The van der Waals surface area contributed by atoms with Gasteiger partial charge in [-0.25, -0.2) is 28.1 Å². The second kappa shape index (κ2) is 7.96. The third kappa shape index (κ3) is 3.79. The van der Waals surface area contributed by atoms with E-state index < -0.39 is 41.7 Å². The van der Waals surface area contributed by atoms with Gasteiger partial charge in [0.2, 0.25) is 0 Å². The standard InChI is InChI=1S/C22H23F3N6O2/c23-10-5-12(19(27)28-7-10)16(26)21-30-18(11-6-13(11)24)15(25)20(31-21)29-17-9-3-1-8(2-4-9)14(17)22(32)33/h5,7-9,11,13-14,17,26H,1-4,6H2,(H2,27,28)(H,32,33)(H,29,30,31)/t8?,9?,11?,13?,14-,17-/m0/s1. The quantitative estimate of drug-likeness (QED) is 0.486. The first kappa shape index (κ1) is 21.6. The Hall–Kier alpha value is -3.24. The highest BCUT2D eigenvalue weighted by Crippen LogP contribution is 2.48. The number of nitrogen functional groups attached to an aromatic ring is 1. The van der Waals surface area contributed by atoms with Crippen LogP contribution in [-0.4, -0.2) is 44.0 Å². The van der Waals surface area contributed by atoms with Crippen molar-refractivity contribution in [2.45, 2.75) is 50.2 Å². The molecule has 8 nitrogen and oxygen atoms in total. The van der Waals surface area contributed by atoms with E-state index in [1.807, 2.05) is 0 Å². The Morgan fingerprint density at radius 1 is 1.18 bits per heavy atom. The van der Waals surface area contributed by atoms with Crippen LogP contribution in [0.25, 0.3) is 0 Å². The predicted octanol–water partition coefficient (Wildman–Crippen LogP) is 3.27. The Kier molecular flexibility index (Phi) is 5.21. The lowest BCUT2D eigenvalue weighted by Gasteiger charge is -2.47. The minimum atomic E-state index is -1.26. The lowest BCUT2D eigenvalue weighted by molar-refractivity contribution is -0.148. The number of hydrogen-bond acceptors (Lipinski definition) is 7. The van der Waals surface area contributed by atoms with Crippen LogP contribution in [0.1, 0.15) is 55.1 Å². The molecule has 2 bridgehead atoms. The Morgan fingerprint density at radius 2 is 1.85 bits per heavy atom. The van der Waals surface area contributed by atoms with Crippen molar-refractivity contribution in [1.82, 2.24) is 15.0 Å². The zero-order chi connectivity index (χ0) is 23.4. The molecule has 0 aromatic carbocycles. The Morgan fingerprint density at radius 3 is 2.48 bits per heavy atom. The molecule has 2 unspecified atom stereocenters.